The standard InChI is InChI=1S/C26H35FN2O5S/c1-4-5-12-22(24(30)17-35-16-20-10-8-13-33-20)28-25(31)23(14-18(2)3)29-26(32)34-15-19-9-6-7-11-21(19)27/h6-11,13,18,22-23H,4-5,12,14-17H2,1-3H3,(H,28,31)(H,29,32)/t22-,23-/m0/s1. The van der Waals surface area contributed by atoms with Gasteiger partial charge in [-0.25, -0.2) is 9.18 Å². The number of unbranched alkanes of at least 4 members (excludes halogenated alkanes) is 1. The maximum absolute atomic E-state index is 13.8. The molecule has 9 heteroatoms. The number of ketones is 1. The zero-order valence-corrected chi connectivity index (χ0v) is 21.4. The van der Waals surface area contributed by atoms with E-state index in [-0.39, 0.29) is 29.6 Å². The van der Waals surface area contributed by atoms with Crippen LogP contribution in [0.1, 0.15) is 57.8 Å². The monoisotopic (exact) mass is 506 g/mol. The van der Waals surface area contributed by atoms with Gasteiger partial charge in [0.1, 0.15) is 24.2 Å². The number of alkyl carbamates (subject to hydrolysis) is 1. The van der Waals surface area contributed by atoms with Crippen LogP contribution in [0.4, 0.5) is 9.18 Å². The number of hydrogen-bond donors (Lipinski definition) is 2. The highest BCUT2D eigenvalue weighted by Crippen LogP contribution is 2.15. The minimum absolute atomic E-state index is 0.0752. The number of thioether (sulfide) groups is 1. The van der Waals surface area contributed by atoms with E-state index in [1.807, 2.05) is 26.8 Å². The minimum atomic E-state index is -0.879. The van der Waals surface area contributed by atoms with E-state index >= 15 is 0 Å². The summed E-state index contributed by atoms with van der Waals surface area (Å²) in [6.45, 7) is 5.62. The number of amides is 2. The molecule has 0 aliphatic heterocycles. The first-order valence-corrected chi connectivity index (χ1v) is 13.1. The van der Waals surface area contributed by atoms with Crippen molar-refractivity contribution in [2.75, 3.05) is 5.75 Å². The lowest BCUT2D eigenvalue weighted by atomic mass is 10.0. The molecule has 0 bridgehead atoms. The van der Waals surface area contributed by atoms with Crippen molar-refractivity contribution < 1.29 is 27.9 Å². The summed E-state index contributed by atoms with van der Waals surface area (Å²) in [5, 5.41) is 5.41. The number of benzene rings is 1. The Hall–Kier alpha value is -2.81. The molecule has 0 saturated heterocycles. The topological polar surface area (TPSA) is 97.6 Å². The van der Waals surface area contributed by atoms with Crippen LogP contribution in [0, 0.1) is 11.7 Å². The Balaban J connectivity index is 1.95. The molecular weight excluding hydrogens is 471 g/mol. The summed E-state index contributed by atoms with van der Waals surface area (Å²) >= 11 is 1.43. The van der Waals surface area contributed by atoms with Gasteiger partial charge < -0.3 is 19.8 Å². The number of furan rings is 1. The van der Waals surface area contributed by atoms with Crippen molar-refractivity contribution in [2.45, 2.75) is 70.9 Å². The van der Waals surface area contributed by atoms with Gasteiger partial charge in [-0.2, -0.15) is 0 Å². The number of hydrogen-bond acceptors (Lipinski definition) is 6. The van der Waals surface area contributed by atoms with Crippen LogP contribution in [0.5, 0.6) is 0 Å². The summed E-state index contributed by atoms with van der Waals surface area (Å²) in [4.78, 5) is 38.3. The molecular formula is C26H35FN2O5S. The highest BCUT2D eigenvalue weighted by molar-refractivity contribution is 7.99. The van der Waals surface area contributed by atoms with Gasteiger partial charge >= 0.3 is 6.09 Å². The minimum Gasteiger partial charge on any atom is -0.468 e. The molecule has 0 aliphatic carbocycles. The van der Waals surface area contributed by atoms with Crippen molar-refractivity contribution in [3.63, 3.8) is 0 Å². The Morgan fingerprint density at radius 3 is 2.51 bits per heavy atom. The van der Waals surface area contributed by atoms with Crippen LogP contribution in [0.15, 0.2) is 47.1 Å². The summed E-state index contributed by atoms with van der Waals surface area (Å²) in [7, 11) is 0. The third-order valence-corrected chi connectivity index (χ3v) is 6.23. The molecule has 192 valence electrons. The quantitative estimate of drug-likeness (QED) is 0.343. The highest BCUT2D eigenvalue weighted by atomic mass is 32.2. The van der Waals surface area contributed by atoms with E-state index < -0.39 is 29.9 Å². The van der Waals surface area contributed by atoms with E-state index in [0.717, 1.165) is 18.6 Å². The van der Waals surface area contributed by atoms with Gasteiger partial charge in [0, 0.05) is 5.56 Å². The van der Waals surface area contributed by atoms with E-state index in [2.05, 4.69) is 10.6 Å². The Bertz CT molecular complexity index is 936. The van der Waals surface area contributed by atoms with Gasteiger partial charge in [0.2, 0.25) is 5.91 Å². The number of carbonyl (C=O) groups excluding carboxylic acids is 3. The smallest absolute Gasteiger partial charge is 0.408 e. The molecule has 2 aromatic rings. The summed E-state index contributed by atoms with van der Waals surface area (Å²) in [5.41, 5.74) is 0.241. The lowest BCUT2D eigenvalue weighted by Crippen LogP contribution is -2.52. The fraction of sp³-hybridized carbons (Fsp3) is 0.500. The van der Waals surface area contributed by atoms with Crippen molar-refractivity contribution in [1.29, 1.82) is 0 Å². The molecule has 0 saturated carbocycles. The molecule has 0 aliphatic rings. The molecule has 0 spiro atoms. The van der Waals surface area contributed by atoms with Crippen molar-refractivity contribution in [1.82, 2.24) is 10.6 Å². The first-order valence-electron chi connectivity index (χ1n) is 11.9. The highest BCUT2D eigenvalue weighted by Gasteiger charge is 2.27. The zero-order valence-electron chi connectivity index (χ0n) is 20.6. The van der Waals surface area contributed by atoms with Gasteiger partial charge in [0.25, 0.3) is 0 Å². The SMILES string of the molecule is CCCC[C@H](NC(=O)[C@H](CC(C)C)NC(=O)OCc1ccccc1F)C(=O)CSCc1ccco1. The van der Waals surface area contributed by atoms with Crippen molar-refractivity contribution >= 4 is 29.5 Å². The van der Waals surface area contributed by atoms with Crippen molar-refractivity contribution in [3.05, 3.63) is 59.8 Å². The molecule has 1 aromatic carbocycles. The maximum Gasteiger partial charge on any atom is 0.408 e. The predicted octanol–water partition coefficient (Wildman–Crippen LogP) is 5.24. The van der Waals surface area contributed by atoms with Gasteiger partial charge in [-0.15, -0.1) is 11.8 Å². The van der Waals surface area contributed by atoms with Crippen LogP contribution < -0.4 is 10.6 Å². The van der Waals surface area contributed by atoms with Gasteiger partial charge in [-0.1, -0.05) is 51.8 Å². The van der Waals surface area contributed by atoms with Crippen LogP contribution in [-0.2, 0) is 26.7 Å². The van der Waals surface area contributed by atoms with E-state index in [1.165, 1.54) is 23.9 Å². The van der Waals surface area contributed by atoms with E-state index in [1.54, 1.807) is 24.5 Å². The van der Waals surface area contributed by atoms with Crippen LogP contribution in [-0.4, -0.2) is 35.6 Å². The lowest BCUT2D eigenvalue weighted by molar-refractivity contribution is -0.128. The Labute approximate surface area is 210 Å². The molecule has 35 heavy (non-hydrogen) atoms. The second kappa shape index (κ2) is 15.2. The van der Waals surface area contributed by atoms with Crippen molar-refractivity contribution in [3.8, 4) is 0 Å². The van der Waals surface area contributed by atoms with Crippen LogP contribution in [0.2, 0.25) is 0 Å². The first kappa shape index (κ1) is 28.4. The van der Waals surface area contributed by atoms with Gasteiger partial charge in [0.15, 0.2) is 5.78 Å². The third kappa shape index (κ3) is 10.5. The van der Waals surface area contributed by atoms with Crippen LogP contribution >= 0.6 is 11.8 Å². The molecule has 0 fully saturated rings. The van der Waals surface area contributed by atoms with E-state index in [9.17, 15) is 18.8 Å². The summed E-state index contributed by atoms with van der Waals surface area (Å²) in [5.74, 6) is 0.707. The van der Waals surface area contributed by atoms with Gasteiger partial charge in [-0.3, -0.25) is 9.59 Å². The molecule has 2 N–H and O–H groups in total. The molecule has 2 amide bonds. The second-order valence-corrected chi connectivity index (χ2v) is 9.72. The normalized spacial score (nSPS) is 12.7. The predicted molar refractivity (Wildman–Crippen MR) is 134 cm³/mol. The average molecular weight is 507 g/mol. The maximum atomic E-state index is 13.8. The largest absolute Gasteiger partial charge is 0.468 e. The molecule has 1 heterocycles. The molecule has 0 radical (unpaired) electrons. The summed E-state index contributed by atoms with van der Waals surface area (Å²) in [6.07, 6.45) is 3.32. The van der Waals surface area contributed by atoms with E-state index in [4.69, 9.17) is 9.15 Å². The summed E-state index contributed by atoms with van der Waals surface area (Å²) in [6, 6.07) is 8.13. The fourth-order valence-corrected chi connectivity index (χ4v) is 4.26. The zero-order chi connectivity index (χ0) is 25.6. The third-order valence-electron chi connectivity index (χ3n) is 5.25. The molecule has 7 nitrogen and oxygen atoms in total. The Morgan fingerprint density at radius 1 is 1.09 bits per heavy atom. The summed E-state index contributed by atoms with van der Waals surface area (Å²) < 4.78 is 24.2. The Kier molecular flexibility index (Phi) is 12.4. The lowest BCUT2D eigenvalue weighted by Gasteiger charge is -2.24. The molecule has 2 atom stereocenters. The fourth-order valence-electron chi connectivity index (χ4n) is 3.39. The number of nitrogens with one attached hydrogen (secondary N) is 2. The molecule has 2 rings (SSSR count). The molecule has 0 unspecified atom stereocenters. The van der Waals surface area contributed by atoms with E-state index in [0.29, 0.717) is 18.6 Å². The number of Topliss-reactive ketones (excluding diaryl/α,β-unsaturated/α-hetero) is 1. The average Bonchev–Trinajstić information content (AvgIpc) is 3.34. The number of ether oxygens (including phenoxy) is 1. The number of carbonyl (C=O) groups is 3. The second-order valence-electron chi connectivity index (χ2n) is 8.74. The van der Waals surface area contributed by atoms with Crippen molar-refractivity contribution in [2.24, 2.45) is 5.92 Å². The number of rotatable bonds is 15. The van der Waals surface area contributed by atoms with Gasteiger partial charge in [-0.05, 0) is 37.0 Å². The number of halogens is 1. The van der Waals surface area contributed by atoms with Crippen LogP contribution in [0.25, 0.3) is 0 Å². The Morgan fingerprint density at radius 2 is 1.86 bits per heavy atom. The molecule has 1 aromatic heterocycles. The van der Waals surface area contributed by atoms with Gasteiger partial charge in [0.05, 0.1) is 23.8 Å². The van der Waals surface area contributed by atoms with Crippen LogP contribution in [0.3, 0.4) is 0 Å². The first-order chi connectivity index (χ1) is 16.8.